The third-order valence-corrected chi connectivity index (χ3v) is 3.91. The fourth-order valence-corrected chi connectivity index (χ4v) is 3.02. The molecule has 0 spiro atoms. The van der Waals surface area contributed by atoms with E-state index in [4.69, 9.17) is 5.73 Å². The predicted octanol–water partition coefficient (Wildman–Crippen LogP) is 2.43. The van der Waals surface area contributed by atoms with Gasteiger partial charge in [0, 0.05) is 30.7 Å². The molecule has 2 N–H and O–H groups in total. The number of anilines is 1. The fraction of sp³-hybridized carbons (Fsp3) is 0.643. The van der Waals surface area contributed by atoms with Gasteiger partial charge in [-0.05, 0) is 44.4 Å². The van der Waals surface area contributed by atoms with E-state index in [-0.39, 0.29) is 0 Å². The summed E-state index contributed by atoms with van der Waals surface area (Å²) in [5.74, 6) is 0.650. The molecule has 0 aromatic carbocycles. The van der Waals surface area contributed by atoms with Gasteiger partial charge >= 0.3 is 0 Å². The van der Waals surface area contributed by atoms with Crippen LogP contribution < -0.4 is 10.6 Å². The Hall–Kier alpha value is -1.09. The highest BCUT2D eigenvalue weighted by Gasteiger charge is 2.28. The number of hydrogen-bond acceptors (Lipinski definition) is 3. The van der Waals surface area contributed by atoms with Gasteiger partial charge in [0.1, 0.15) is 0 Å². The zero-order valence-corrected chi connectivity index (χ0v) is 10.7. The van der Waals surface area contributed by atoms with Crippen molar-refractivity contribution in [2.45, 2.75) is 38.6 Å². The Morgan fingerprint density at radius 3 is 2.65 bits per heavy atom. The van der Waals surface area contributed by atoms with Gasteiger partial charge in [0.15, 0.2) is 0 Å². The molecule has 3 nitrogen and oxygen atoms in total. The first-order chi connectivity index (χ1) is 8.36. The fourth-order valence-electron chi connectivity index (χ4n) is 3.02. The van der Waals surface area contributed by atoms with Gasteiger partial charge in [-0.25, -0.2) is 0 Å². The Morgan fingerprint density at radius 2 is 2.00 bits per heavy atom. The first-order valence-electron chi connectivity index (χ1n) is 6.73. The van der Waals surface area contributed by atoms with E-state index in [9.17, 15) is 0 Å². The van der Waals surface area contributed by atoms with Crippen molar-refractivity contribution in [1.82, 2.24) is 4.98 Å². The summed E-state index contributed by atoms with van der Waals surface area (Å²) in [6, 6.07) is 4.82. The zero-order valence-electron chi connectivity index (χ0n) is 10.7. The molecule has 17 heavy (non-hydrogen) atoms. The highest BCUT2D eigenvalue weighted by atomic mass is 15.2. The summed E-state index contributed by atoms with van der Waals surface area (Å²) in [6.07, 6.45) is 8.98. The average Bonchev–Trinajstić information content (AvgIpc) is 2.41. The number of hydrogen-bond donors (Lipinski definition) is 1. The quantitative estimate of drug-likeness (QED) is 0.868. The van der Waals surface area contributed by atoms with Crippen LogP contribution in [-0.4, -0.2) is 24.1 Å². The number of nitrogens with two attached hydrogens (primary N) is 1. The predicted molar refractivity (Wildman–Crippen MR) is 72.1 cm³/mol. The van der Waals surface area contributed by atoms with Gasteiger partial charge in [-0.2, -0.15) is 0 Å². The third-order valence-electron chi connectivity index (χ3n) is 3.91. The summed E-state index contributed by atoms with van der Waals surface area (Å²) in [5.41, 5.74) is 7.21. The van der Waals surface area contributed by atoms with Crippen molar-refractivity contribution in [1.29, 1.82) is 0 Å². The van der Waals surface area contributed by atoms with Crippen molar-refractivity contribution in [3.8, 4) is 0 Å². The summed E-state index contributed by atoms with van der Waals surface area (Å²) in [5, 5.41) is 0. The Labute approximate surface area is 104 Å². The van der Waals surface area contributed by atoms with Crippen LogP contribution in [0, 0.1) is 5.92 Å². The molecule has 2 unspecified atom stereocenters. The first kappa shape index (κ1) is 12.4. The molecular weight excluding hydrogens is 210 g/mol. The van der Waals surface area contributed by atoms with Crippen LogP contribution in [0.5, 0.6) is 0 Å². The lowest BCUT2D eigenvalue weighted by Crippen LogP contribution is -2.45. The Bertz CT molecular complexity index is 325. The van der Waals surface area contributed by atoms with Crippen LogP contribution in [0.1, 0.15) is 32.6 Å². The lowest BCUT2D eigenvalue weighted by Gasteiger charge is -2.40. The molecule has 3 heteroatoms. The van der Waals surface area contributed by atoms with Gasteiger partial charge < -0.3 is 10.6 Å². The van der Waals surface area contributed by atoms with E-state index >= 15 is 0 Å². The minimum Gasteiger partial charge on any atom is -0.368 e. The number of rotatable bonds is 4. The van der Waals surface area contributed by atoms with Crippen LogP contribution in [-0.2, 0) is 0 Å². The van der Waals surface area contributed by atoms with E-state index in [1.165, 1.54) is 31.4 Å². The Kier molecular flexibility index (Phi) is 4.37. The minimum absolute atomic E-state index is 0.612. The highest BCUT2D eigenvalue weighted by molar-refractivity contribution is 5.45. The van der Waals surface area contributed by atoms with Crippen molar-refractivity contribution in [2.24, 2.45) is 11.7 Å². The topological polar surface area (TPSA) is 42.2 Å². The standard InChI is InChI=1S/C14H23N3/c1-2-17(13-7-9-16-10-8-13)14-6-4-3-5-12(14)11-15/h7-10,12,14H,2-6,11,15H2,1H3. The SMILES string of the molecule is CCN(c1ccncc1)C1CCCCC1CN. The van der Waals surface area contributed by atoms with Crippen molar-refractivity contribution < 1.29 is 0 Å². The van der Waals surface area contributed by atoms with Crippen LogP contribution in [0.4, 0.5) is 5.69 Å². The maximum absolute atomic E-state index is 5.93. The van der Waals surface area contributed by atoms with Crippen molar-refractivity contribution in [3.05, 3.63) is 24.5 Å². The molecule has 0 radical (unpaired) electrons. The monoisotopic (exact) mass is 233 g/mol. The lowest BCUT2D eigenvalue weighted by molar-refractivity contribution is 0.300. The van der Waals surface area contributed by atoms with Gasteiger partial charge in [-0.3, -0.25) is 4.98 Å². The van der Waals surface area contributed by atoms with E-state index < -0.39 is 0 Å². The molecule has 94 valence electrons. The molecule has 1 aromatic heterocycles. The van der Waals surface area contributed by atoms with Crippen molar-refractivity contribution in [3.63, 3.8) is 0 Å². The molecule has 2 atom stereocenters. The molecule has 1 aliphatic rings. The summed E-state index contributed by atoms with van der Waals surface area (Å²) in [4.78, 5) is 6.59. The van der Waals surface area contributed by atoms with Gasteiger partial charge in [0.25, 0.3) is 0 Å². The lowest BCUT2D eigenvalue weighted by atomic mass is 9.83. The van der Waals surface area contributed by atoms with Crippen LogP contribution in [0.2, 0.25) is 0 Å². The second-order valence-electron chi connectivity index (χ2n) is 4.84. The molecule has 1 heterocycles. The smallest absolute Gasteiger partial charge is 0.0399 e. The molecule has 2 rings (SSSR count). The molecule has 0 bridgehead atoms. The molecule has 0 amide bonds. The van der Waals surface area contributed by atoms with E-state index in [2.05, 4.69) is 28.9 Å². The van der Waals surface area contributed by atoms with E-state index in [1.807, 2.05) is 12.4 Å². The molecule has 1 aliphatic carbocycles. The third kappa shape index (κ3) is 2.78. The first-order valence-corrected chi connectivity index (χ1v) is 6.73. The van der Waals surface area contributed by atoms with Crippen LogP contribution in [0.25, 0.3) is 0 Å². The highest BCUT2D eigenvalue weighted by Crippen LogP contribution is 2.30. The van der Waals surface area contributed by atoms with Crippen molar-refractivity contribution >= 4 is 5.69 Å². The van der Waals surface area contributed by atoms with Gasteiger partial charge in [0.2, 0.25) is 0 Å². The summed E-state index contributed by atoms with van der Waals surface area (Å²) < 4.78 is 0. The van der Waals surface area contributed by atoms with Gasteiger partial charge in [0.05, 0.1) is 0 Å². The summed E-state index contributed by atoms with van der Waals surface area (Å²) in [6.45, 7) is 4.08. The van der Waals surface area contributed by atoms with Gasteiger partial charge in [-0.15, -0.1) is 0 Å². The van der Waals surface area contributed by atoms with Crippen molar-refractivity contribution in [2.75, 3.05) is 18.0 Å². The van der Waals surface area contributed by atoms with Crippen LogP contribution in [0.3, 0.4) is 0 Å². The number of nitrogens with zero attached hydrogens (tertiary/aromatic N) is 2. The molecule has 0 aliphatic heterocycles. The zero-order chi connectivity index (χ0) is 12.1. The maximum atomic E-state index is 5.93. The normalized spacial score (nSPS) is 24.6. The minimum atomic E-state index is 0.612. The Morgan fingerprint density at radius 1 is 1.29 bits per heavy atom. The second kappa shape index (κ2) is 6.01. The van der Waals surface area contributed by atoms with E-state index in [1.54, 1.807) is 0 Å². The summed E-state index contributed by atoms with van der Waals surface area (Å²) >= 11 is 0. The van der Waals surface area contributed by atoms with Crippen LogP contribution in [0.15, 0.2) is 24.5 Å². The molecule has 1 saturated carbocycles. The van der Waals surface area contributed by atoms with Gasteiger partial charge in [-0.1, -0.05) is 12.8 Å². The molecular formula is C14H23N3. The Balaban J connectivity index is 2.16. The van der Waals surface area contributed by atoms with Crippen LogP contribution >= 0.6 is 0 Å². The summed E-state index contributed by atoms with van der Waals surface area (Å²) in [7, 11) is 0. The average molecular weight is 233 g/mol. The number of aromatic nitrogens is 1. The molecule has 0 saturated heterocycles. The number of pyridine rings is 1. The largest absolute Gasteiger partial charge is 0.368 e. The maximum Gasteiger partial charge on any atom is 0.0399 e. The molecule has 1 fully saturated rings. The van der Waals surface area contributed by atoms with E-state index in [0.717, 1.165) is 13.1 Å². The van der Waals surface area contributed by atoms with E-state index in [0.29, 0.717) is 12.0 Å². The second-order valence-corrected chi connectivity index (χ2v) is 4.84. The molecule has 1 aromatic rings.